The van der Waals surface area contributed by atoms with Crippen molar-refractivity contribution in [2.75, 3.05) is 24.7 Å². The minimum absolute atomic E-state index is 0.0570. The molecule has 0 saturated carbocycles. The lowest BCUT2D eigenvalue weighted by molar-refractivity contribution is -0.118. The smallest absolute Gasteiger partial charge is 0.233 e. The summed E-state index contributed by atoms with van der Waals surface area (Å²) in [5.74, 6) is 0.883. The van der Waals surface area contributed by atoms with Crippen molar-refractivity contribution in [1.82, 2.24) is 4.98 Å². The van der Waals surface area contributed by atoms with E-state index in [1.165, 1.54) is 16.9 Å². The molecule has 1 aromatic heterocycles. The van der Waals surface area contributed by atoms with E-state index in [0.29, 0.717) is 19.6 Å². The van der Waals surface area contributed by atoms with Gasteiger partial charge in [-0.25, -0.2) is 4.98 Å². The maximum absolute atomic E-state index is 13.4. The van der Waals surface area contributed by atoms with Crippen molar-refractivity contribution in [1.29, 1.82) is 0 Å². The normalized spacial score (nSPS) is 16.2. The van der Waals surface area contributed by atoms with Crippen molar-refractivity contribution in [2.45, 2.75) is 46.1 Å². The second-order valence-corrected chi connectivity index (χ2v) is 8.81. The maximum Gasteiger partial charge on any atom is 0.233 e. The summed E-state index contributed by atoms with van der Waals surface area (Å²) in [5, 5.41) is 0.726. The number of nitrogens with zero attached hydrogens (tertiary/aromatic N) is 2. The Kier molecular flexibility index (Phi) is 6.35. The molecule has 0 spiro atoms. The zero-order chi connectivity index (χ0) is 21.1. The van der Waals surface area contributed by atoms with Crippen LogP contribution in [0.1, 0.15) is 36.5 Å². The molecule has 1 saturated heterocycles. The molecule has 4 rings (SSSR count). The first-order valence-corrected chi connectivity index (χ1v) is 11.4. The minimum Gasteiger partial charge on any atom is -0.494 e. The van der Waals surface area contributed by atoms with Gasteiger partial charge in [-0.3, -0.25) is 9.69 Å². The highest BCUT2D eigenvalue weighted by Gasteiger charge is 2.26. The van der Waals surface area contributed by atoms with Crippen molar-refractivity contribution < 1.29 is 14.3 Å². The molecule has 1 fully saturated rings. The second kappa shape index (κ2) is 9.14. The van der Waals surface area contributed by atoms with Crippen molar-refractivity contribution in [3.63, 3.8) is 0 Å². The van der Waals surface area contributed by atoms with Crippen LogP contribution in [0.25, 0.3) is 10.2 Å². The van der Waals surface area contributed by atoms with Crippen molar-refractivity contribution in [3.8, 4) is 5.75 Å². The zero-order valence-electron chi connectivity index (χ0n) is 17.8. The van der Waals surface area contributed by atoms with Crippen LogP contribution in [0.5, 0.6) is 5.75 Å². The molecule has 0 bridgehead atoms. The van der Waals surface area contributed by atoms with E-state index in [0.717, 1.165) is 51.7 Å². The number of aromatic nitrogens is 1. The van der Waals surface area contributed by atoms with Gasteiger partial charge in [-0.05, 0) is 62.9 Å². The Morgan fingerprint density at radius 1 is 1.27 bits per heavy atom. The predicted molar refractivity (Wildman–Crippen MR) is 122 cm³/mol. The molecular weight excluding hydrogens is 396 g/mol. The van der Waals surface area contributed by atoms with Crippen LogP contribution in [0, 0.1) is 13.8 Å². The third-order valence-electron chi connectivity index (χ3n) is 5.44. The molecule has 6 heteroatoms. The lowest BCUT2D eigenvalue weighted by atomic mass is 10.0. The van der Waals surface area contributed by atoms with Gasteiger partial charge in [0.1, 0.15) is 5.75 Å². The molecule has 1 aliphatic heterocycles. The molecular formula is C24H28N2O3S. The van der Waals surface area contributed by atoms with Crippen molar-refractivity contribution in [2.24, 2.45) is 0 Å². The number of carbonyl (C=O) groups excluding carboxylic acids is 1. The molecule has 5 nitrogen and oxygen atoms in total. The first kappa shape index (κ1) is 20.8. The van der Waals surface area contributed by atoms with Gasteiger partial charge in [0.05, 0.1) is 35.9 Å². The molecule has 1 amide bonds. The van der Waals surface area contributed by atoms with Crippen LogP contribution in [0.2, 0.25) is 0 Å². The Bertz CT molecular complexity index is 1040. The molecule has 2 aromatic carbocycles. The van der Waals surface area contributed by atoms with Gasteiger partial charge in [0.2, 0.25) is 5.91 Å². The van der Waals surface area contributed by atoms with Gasteiger partial charge in [0, 0.05) is 6.61 Å². The molecule has 0 radical (unpaired) electrons. The summed E-state index contributed by atoms with van der Waals surface area (Å²) in [4.78, 5) is 20.0. The van der Waals surface area contributed by atoms with Crippen molar-refractivity contribution in [3.05, 3.63) is 53.1 Å². The van der Waals surface area contributed by atoms with E-state index in [4.69, 9.17) is 14.5 Å². The minimum atomic E-state index is 0.0570. The second-order valence-electron chi connectivity index (χ2n) is 7.81. The molecule has 1 unspecified atom stereocenters. The molecule has 1 atom stereocenters. The highest BCUT2D eigenvalue weighted by atomic mass is 32.1. The van der Waals surface area contributed by atoms with Crippen LogP contribution in [0.4, 0.5) is 5.13 Å². The number of amides is 1. The number of hydrogen-bond donors (Lipinski definition) is 0. The Labute approximate surface area is 181 Å². The summed E-state index contributed by atoms with van der Waals surface area (Å²) in [6.07, 6.45) is 2.45. The Hall–Kier alpha value is -2.44. The molecule has 0 N–H and O–H groups in total. The average Bonchev–Trinajstić information content (AvgIpc) is 3.37. The van der Waals surface area contributed by atoms with E-state index < -0.39 is 0 Å². The molecule has 1 aliphatic rings. The number of fused-ring (bicyclic) bond motifs is 1. The molecule has 3 aromatic rings. The summed E-state index contributed by atoms with van der Waals surface area (Å²) < 4.78 is 12.5. The number of aryl methyl sites for hydroxylation is 2. The summed E-state index contributed by atoms with van der Waals surface area (Å²) in [5.41, 5.74) is 4.29. The van der Waals surface area contributed by atoms with E-state index >= 15 is 0 Å². The van der Waals surface area contributed by atoms with E-state index in [1.807, 2.05) is 30.0 Å². The highest BCUT2D eigenvalue weighted by molar-refractivity contribution is 7.22. The first-order valence-electron chi connectivity index (χ1n) is 10.5. The maximum atomic E-state index is 13.4. The van der Waals surface area contributed by atoms with Gasteiger partial charge < -0.3 is 9.47 Å². The van der Waals surface area contributed by atoms with Crippen LogP contribution in [0.15, 0.2) is 36.4 Å². The predicted octanol–water partition coefficient (Wildman–Crippen LogP) is 5.07. The molecule has 30 heavy (non-hydrogen) atoms. The SMILES string of the molecule is CCOc1ccc2nc(N(CC3CCCO3)C(=O)Cc3ccc(C)cc3C)sc2c1. The lowest BCUT2D eigenvalue weighted by Gasteiger charge is -2.23. The van der Waals surface area contributed by atoms with Gasteiger partial charge in [-0.1, -0.05) is 35.1 Å². The van der Waals surface area contributed by atoms with E-state index in [2.05, 4.69) is 32.0 Å². The third-order valence-corrected chi connectivity index (χ3v) is 6.48. The number of rotatable bonds is 7. The number of carbonyl (C=O) groups is 1. The quantitative estimate of drug-likeness (QED) is 0.532. The monoisotopic (exact) mass is 424 g/mol. The summed E-state index contributed by atoms with van der Waals surface area (Å²) >= 11 is 1.53. The number of anilines is 1. The fourth-order valence-electron chi connectivity index (χ4n) is 3.85. The van der Waals surface area contributed by atoms with Gasteiger partial charge in [0.15, 0.2) is 5.13 Å². The van der Waals surface area contributed by atoms with Crippen LogP contribution >= 0.6 is 11.3 Å². The van der Waals surface area contributed by atoms with Crippen LogP contribution < -0.4 is 9.64 Å². The van der Waals surface area contributed by atoms with Crippen LogP contribution in [-0.2, 0) is 16.0 Å². The van der Waals surface area contributed by atoms with Gasteiger partial charge >= 0.3 is 0 Å². The van der Waals surface area contributed by atoms with Crippen LogP contribution in [0.3, 0.4) is 0 Å². The van der Waals surface area contributed by atoms with E-state index in [9.17, 15) is 4.79 Å². The largest absolute Gasteiger partial charge is 0.494 e. The van der Waals surface area contributed by atoms with Crippen LogP contribution in [-0.4, -0.2) is 36.8 Å². The lowest BCUT2D eigenvalue weighted by Crippen LogP contribution is -2.38. The number of benzene rings is 2. The Morgan fingerprint density at radius 3 is 2.87 bits per heavy atom. The molecule has 0 aliphatic carbocycles. The van der Waals surface area contributed by atoms with Gasteiger partial charge in [-0.2, -0.15) is 0 Å². The van der Waals surface area contributed by atoms with E-state index in [-0.39, 0.29) is 12.0 Å². The van der Waals surface area contributed by atoms with E-state index in [1.54, 1.807) is 0 Å². The molecule has 158 valence electrons. The first-order chi connectivity index (χ1) is 14.5. The van der Waals surface area contributed by atoms with Gasteiger partial charge in [0.25, 0.3) is 0 Å². The standard InChI is InChI=1S/C24H28N2O3S/c1-4-28-19-9-10-21-22(14-19)30-24(25-21)26(15-20-6-5-11-29-20)23(27)13-18-8-7-16(2)12-17(18)3/h7-10,12,14,20H,4-6,11,13,15H2,1-3H3. The molecule has 2 heterocycles. The summed E-state index contributed by atoms with van der Waals surface area (Å²) in [6, 6.07) is 12.1. The van der Waals surface area contributed by atoms with Gasteiger partial charge in [-0.15, -0.1) is 0 Å². The summed E-state index contributed by atoms with van der Waals surface area (Å²) in [6.45, 7) is 8.03. The van der Waals surface area contributed by atoms with Crippen molar-refractivity contribution >= 4 is 32.6 Å². The topological polar surface area (TPSA) is 51.7 Å². The fraction of sp³-hybridized carbons (Fsp3) is 0.417. The number of thiazole rings is 1. The highest BCUT2D eigenvalue weighted by Crippen LogP contribution is 2.33. The average molecular weight is 425 g/mol. The number of hydrogen-bond acceptors (Lipinski definition) is 5. The third kappa shape index (κ3) is 4.65. The number of ether oxygens (including phenoxy) is 2. The Morgan fingerprint density at radius 2 is 2.13 bits per heavy atom. The zero-order valence-corrected chi connectivity index (χ0v) is 18.6. The summed E-state index contributed by atoms with van der Waals surface area (Å²) in [7, 11) is 0. The fourth-order valence-corrected chi connectivity index (χ4v) is 4.87. The Balaban J connectivity index is 1.63.